The van der Waals surface area contributed by atoms with Gasteiger partial charge >= 0.3 is 12.3 Å². The van der Waals surface area contributed by atoms with Gasteiger partial charge in [-0.1, -0.05) is 60.7 Å². The number of ether oxygens (including phenoxy) is 1. The largest absolute Gasteiger partial charge is 0.444 e. The second kappa shape index (κ2) is 8.91. The van der Waals surface area contributed by atoms with E-state index in [0.29, 0.717) is 0 Å². The maximum absolute atomic E-state index is 13.5. The first-order valence-electron chi connectivity index (χ1n) is 10.4. The van der Waals surface area contributed by atoms with Gasteiger partial charge in [0, 0.05) is 12.5 Å². The smallest absolute Gasteiger partial charge is 0.407 e. The first-order chi connectivity index (χ1) is 14.5. The number of carbonyl (C=O) groups excluding carboxylic acids is 1. The summed E-state index contributed by atoms with van der Waals surface area (Å²) < 4.78 is 45.9. The minimum absolute atomic E-state index is 0.0387. The summed E-state index contributed by atoms with van der Waals surface area (Å²) in [6.07, 6.45) is -4.92. The van der Waals surface area contributed by atoms with Crippen LogP contribution in [0.5, 0.6) is 0 Å². The summed E-state index contributed by atoms with van der Waals surface area (Å²) >= 11 is 0. The molecule has 0 heterocycles. The number of alkyl carbamates (subject to hydrolysis) is 1. The number of rotatable bonds is 7. The molecule has 1 saturated carbocycles. The lowest BCUT2D eigenvalue weighted by Gasteiger charge is -2.32. The third-order valence-electron chi connectivity index (χ3n) is 5.37. The third-order valence-corrected chi connectivity index (χ3v) is 5.37. The number of amides is 1. The quantitative estimate of drug-likeness (QED) is 0.614. The molecule has 1 aliphatic rings. The van der Waals surface area contributed by atoms with E-state index in [0.717, 1.165) is 11.1 Å². The minimum atomic E-state index is -4.33. The topological polar surface area (TPSA) is 50.4 Å². The molecule has 7 heteroatoms. The molecule has 0 radical (unpaired) electrons. The van der Waals surface area contributed by atoms with Crippen molar-refractivity contribution in [2.75, 3.05) is 6.54 Å². The van der Waals surface area contributed by atoms with E-state index in [1.165, 1.54) is 0 Å². The van der Waals surface area contributed by atoms with E-state index in [9.17, 15) is 18.0 Å². The fourth-order valence-electron chi connectivity index (χ4n) is 3.68. The highest BCUT2D eigenvalue weighted by Crippen LogP contribution is 2.49. The van der Waals surface area contributed by atoms with Crippen LogP contribution in [0.1, 0.15) is 50.7 Å². The van der Waals surface area contributed by atoms with Gasteiger partial charge < -0.3 is 15.4 Å². The van der Waals surface area contributed by atoms with Crippen LogP contribution < -0.4 is 10.6 Å². The molecule has 0 spiro atoms. The number of carbonyl (C=O) groups is 1. The maximum Gasteiger partial charge on any atom is 0.407 e. The predicted molar refractivity (Wildman–Crippen MR) is 114 cm³/mol. The molecule has 1 aliphatic carbocycles. The summed E-state index contributed by atoms with van der Waals surface area (Å²) in [5.41, 5.74) is -0.804. The van der Waals surface area contributed by atoms with Crippen LogP contribution >= 0.6 is 0 Å². The number of nitrogens with one attached hydrogen (secondary N) is 2. The van der Waals surface area contributed by atoms with Crippen LogP contribution in [0, 0.1) is 0 Å². The van der Waals surface area contributed by atoms with Crippen molar-refractivity contribution in [2.24, 2.45) is 0 Å². The third kappa shape index (κ3) is 6.00. The van der Waals surface area contributed by atoms with Gasteiger partial charge in [0.1, 0.15) is 11.1 Å². The average Bonchev–Trinajstić information content (AvgIpc) is 3.48. The Balaban J connectivity index is 1.92. The summed E-state index contributed by atoms with van der Waals surface area (Å²) in [6, 6.07) is 18.3. The molecular weight excluding hydrogens is 405 g/mol. The van der Waals surface area contributed by atoms with Crippen molar-refractivity contribution in [1.29, 1.82) is 0 Å². The van der Waals surface area contributed by atoms with Crippen LogP contribution in [0.4, 0.5) is 18.0 Å². The molecule has 1 unspecified atom stereocenters. The van der Waals surface area contributed by atoms with Crippen LogP contribution in [0.25, 0.3) is 0 Å². The summed E-state index contributed by atoms with van der Waals surface area (Å²) in [6.45, 7) is 5.19. The lowest BCUT2D eigenvalue weighted by Crippen LogP contribution is -2.53. The van der Waals surface area contributed by atoms with Crippen molar-refractivity contribution in [3.05, 3.63) is 71.8 Å². The van der Waals surface area contributed by atoms with Crippen molar-refractivity contribution >= 4 is 6.09 Å². The van der Waals surface area contributed by atoms with Crippen molar-refractivity contribution < 1.29 is 22.7 Å². The van der Waals surface area contributed by atoms with Crippen molar-refractivity contribution in [3.63, 3.8) is 0 Å². The first-order valence-corrected chi connectivity index (χ1v) is 10.4. The Morgan fingerprint density at radius 3 is 1.84 bits per heavy atom. The molecule has 2 aromatic carbocycles. The summed E-state index contributed by atoms with van der Waals surface area (Å²) in [7, 11) is 0. The molecule has 1 amide bonds. The van der Waals surface area contributed by atoms with E-state index >= 15 is 0 Å². The van der Waals surface area contributed by atoms with Gasteiger partial charge in [-0.25, -0.2) is 4.79 Å². The number of alkyl halides is 3. The number of benzene rings is 2. The highest BCUT2D eigenvalue weighted by molar-refractivity contribution is 5.68. The lowest BCUT2D eigenvalue weighted by atomic mass is 9.84. The van der Waals surface area contributed by atoms with E-state index in [4.69, 9.17) is 4.74 Å². The Morgan fingerprint density at radius 2 is 1.45 bits per heavy atom. The van der Waals surface area contributed by atoms with Crippen LogP contribution in [0.2, 0.25) is 0 Å². The second-order valence-electron chi connectivity index (χ2n) is 9.01. The molecule has 1 atom stereocenters. The zero-order valence-electron chi connectivity index (χ0n) is 18.0. The molecule has 1 fully saturated rings. The Hall–Kier alpha value is -2.54. The van der Waals surface area contributed by atoms with Crippen molar-refractivity contribution in [1.82, 2.24) is 10.6 Å². The van der Waals surface area contributed by atoms with E-state index < -0.39 is 29.5 Å². The number of hydrogen-bond donors (Lipinski definition) is 2. The van der Waals surface area contributed by atoms with Gasteiger partial charge in [0.05, 0.1) is 6.04 Å². The fourth-order valence-corrected chi connectivity index (χ4v) is 3.68. The summed E-state index contributed by atoms with van der Waals surface area (Å²) in [4.78, 5) is 12.6. The molecular formula is C24H29F3N2O2. The van der Waals surface area contributed by atoms with E-state index in [1.807, 2.05) is 60.7 Å². The van der Waals surface area contributed by atoms with Gasteiger partial charge in [-0.05, 0) is 44.7 Å². The van der Waals surface area contributed by atoms with Crippen LogP contribution in [0.3, 0.4) is 0 Å². The first kappa shape index (κ1) is 23.1. The molecule has 0 saturated heterocycles. The molecule has 0 aliphatic heterocycles. The summed E-state index contributed by atoms with van der Waals surface area (Å²) in [5.74, 6) is -0.355. The molecule has 4 nitrogen and oxygen atoms in total. The zero-order valence-corrected chi connectivity index (χ0v) is 18.0. The fraction of sp³-hybridized carbons (Fsp3) is 0.458. The van der Waals surface area contributed by atoms with E-state index in [2.05, 4.69) is 10.6 Å². The molecule has 3 rings (SSSR count). The Kier molecular flexibility index (Phi) is 6.65. The Labute approximate surface area is 181 Å². The van der Waals surface area contributed by atoms with Crippen LogP contribution in [-0.4, -0.2) is 36.0 Å². The number of halogens is 3. The van der Waals surface area contributed by atoms with Crippen molar-refractivity contribution in [2.45, 2.75) is 62.9 Å². The van der Waals surface area contributed by atoms with Gasteiger partial charge in [-0.2, -0.15) is 13.2 Å². The van der Waals surface area contributed by atoms with Gasteiger partial charge in [0.15, 0.2) is 0 Å². The zero-order chi connectivity index (χ0) is 22.7. The highest BCUT2D eigenvalue weighted by Gasteiger charge is 2.63. The molecule has 168 valence electrons. The normalized spacial score (nSPS) is 16.6. The van der Waals surface area contributed by atoms with E-state index in [1.54, 1.807) is 20.8 Å². The van der Waals surface area contributed by atoms with E-state index in [-0.39, 0.29) is 25.3 Å². The SMILES string of the molecule is CC(C)(C)OC(=O)NC(CNC1(C(F)(F)F)CC1)C(c1ccccc1)c1ccccc1. The lowest BCUT2D eigenvalue weighted by molar-refractivity contribution is -0.166. The minimum Gasteiger partial charge on any atom is -0.444 e. The molecule has 0 bridgehead atoms. The molecule has 31 heavy (non-hydrogen) atoms. The molecule has 0 aromatic heterocycles. The monoisotopic (exact) mass is 434 g/mol. The number of hydrogen-bond acceptors (Lipinski definition) is 3. The standard InChI is InChI=1S/C24H29F3N2O2/c1-22(2,3)31-21(30)29-19(16-28-23(14-15-23)24(25,26)27)20(17-10-6-4-7-11-17)18-12-8-5-9-13-18/h4-13,19-20,28H,14-16H2,1-3H3,(H,29,30). The van der Waals surface area contributed by atoms with Gasteiger partial charge in [0.2, 0.25) is 0 Å². The molecule has 2 aromatic rings. The van der Waals surface area contributed by atoms with Crippen LogP contribution in [-0.2, 0) is 4.74 Å². The molecule has 2 N–H and O–H groups in total. The Bertz CT molecular complexity index is 820. The summed E-state index contributed by atoms with van der Waals surface area (Å²) in [5, 5.41) is 5.53. The maximum atomic E-state index is 13.5. The Morgan fingerprint density at radius 1 is 0.968 bits per heavy atom. The highest BCUT2D eigenvalue weighted by atomic mass is 19.4. The van der Waals surface area contributed by atoms with Gasteiger partial charge in [-0.3, -0.25) is 0 Å². The van der Waals surface area contributed by atoms with Crippen molar-refractivity contribution in [3.8, 4) is 0 Å². The predicted octanol–water partition coefficient (Wildman–Crippen LogP) is 5.40. The van der Waals surface area contributed by atoms with Gasteiger partial charge in [-0.15, -0.1) is 0 Å². The second-order valence-corrected chi connectivity index (χ2v) is 9.01. The van der Waals surface area contributed by atoms with Crippen LogP contribution in [0.15, 0.2) is 60.7 Å². The average molecular weight is 435 g/mol. The van der Waals surface area contributed by atoms with Gasteiger partial charge in [0.25, 0.3) is 0 Å².